The molecule has 5 heteroatoms. The number of rotatable bonds is 0. The van der Waals surface area contributed by atoms with E-state index >= 15 is 0 Å². The van der Waals surface area contributed by atoms with Crippen molar-refractivity contribution in [2.24, 2.45) is 0 Å². The van der Waals surface area contributed by atoms with Crippen molar-refractivity contribution in [3.8, 4) is 0 Å². The molecule has 0 aromatic carbocycles. The highest BCUT2D eigenvalue weighted by Gasteiger charge is 2.03. The molecule has 0 bridgehead atoms. The monoisotopic (exact) mass is 132 g/mol. The van der Waals surface area contributed by atoms with Gasteiger partial charge in [-0.1, -0.05) is 0 Å². The van der Waals surface area contributed by atoms with Gasteiger partial charge in [0, 0.05) is 0 Å². The number of nitrogens with zero attached hydrogens (tertiary/aromatic N) is 1. The molecule has 0 fully saturated rings. The van der Waals surface area contributed by atoms with E-state index in [1.54, 1.807) is 5.10 Å². The zero-order valence-electron chi connectivity index (χ0n) is 4.19. The molecule has 3 nitrogen and oxygen atoms in total. The molecule has 0 aliphatic carbocycles. The van der Waals surface area contributed by atoms with E-state index in [0.29, 0.717) is 6.20 Å². The van der Waals surface area contributed by atoms with Gasteiger partial charge in [0.1, 0.15) is 0 Å². The van der Waals surface area contributed by atoms with Crippen molar-refractivity contribution in [2.45, 2.75) is 0 Å². The van der Waals surface area contributed by atoms with Crippen LogP contribution < -0.4 is 5.56 Å². The van der Waals surface area contributed by atoms with Crippen molar-refractivity contribution >= 4 is 0 Å². The molecule has 0 amide bonds. The van der Waals surface area contributed by atoms with Crippen molar-refractivity contribution < 1.29 is 8.78 Å². The van der Waals surface area contributed by atoms with Gasteiger partial charge in [0.15, 0.2) is 5.82 Å². The standard InChI is InChI=1S/C4H2F2N2O/c5-2-1-7-8-4(9)3(2)6/h1H,(H,8,9). The van der Waals surface area contributed by atoms with E-state index in [0.717, 1.165) is 0 Å². The quantitative estimate of drug-likeness (QED) is 0.542. The highest BCUT2D eigenvalue weighted by atomic mass is 19.2. The zero-order chi connectivity index (χ0) is 6.85. The Kier molecular flexibility index (Phi) is 1.26. The minimum Gasteiger partial charge on any atom is -0.265 e. The number of halogens is 2. The first-order valence-electron chi connectivity index (χ1n) is 2.10. The molecular formula is C4H2F2N2O. The van der Waals surface area contributed by atoms with Gasteiger partial charge in [0.25, 0.3) is 0 Å². The summed E-state index contributed by atoms with van der Waals surface area (Å²) in [4.78, 5) is 10.1. The molecule has 0 aliphatic heterocycles. The Balaban J connectivity index is 3.43. The summed E-state index contributed by atoms with van der Waals surface area (Å²) in [5.74, 6) is -2.66. The molecule has 0 saturated heterocycles. The average Bonchev–Trinajstić information content (AvgIpc) is 1.83. The van der Waals surface area contributed by atoms with Crippen LogP contribution >= 0.6 is 0 Å². The Morgan fingerprint density at radius 1 is 1.56 bits per heavy atom. The minimum atomic E-state index is -1.43. The molecule has 9 heavy (non-hydrogen) atoms. The lowest BCUT2D eigenvalue weighted by atomic mass is 10.5. The van der Waals surface area contributed by atoms with E-state index in [2.05, 4.69) is 5.10 Å². The summed E-state index contributed by atoms with van der Waals surface area (Å²) < 4.78 is 23.9. The van der Waals surface area contributed by atoms with Crippen molar-refractivity contribution in [3.05, 3.63) is 28.2 Å². The van der Waals surface area contributed by atoms with Crippen LogP contribution in [0.4, 0.5) is 8.78 Å². The average molecular weight is 132 g/mol. The normalized spacial score (nSPS) is 9.56. The Bertz CT molecular complexity index is 270. The second-order valence-electron chi connectivity index (χ2n) is 1.36. The number of H-pyrrole nitrogens is 1. The van der Waals surface area contributed by atoms with Gasteiger partial charge in [-0.2, -0.15) is 9.49 Å². The van der Waals surface area contributed by atoms with Crippen LogP contribution in [0.2, 0.25) is 0 Å². The van der Waals surface area contributed by atoms with Crippen LogP contribution in [0.15, 0.2) is 11.0 Å². The molecule has 1 N–H and O–H groups in total. The molecule has 1 aromatic rings. The maximum absolute atomic E-state index is 12.0. The van der Waals surface area contributed by atoms with Crippen molar-refractivity contribution in [1.82, 2.24) is 10.2 Å². The molecular weight excluding hydrogens is 130 g/mol. The Labute approximate surface area is 48.3 Å². The number of hydrogen-bond donors (Lipinski definition) is 1. The summed E-state index contributed by atoms with van der Waals surface area (Å²) in [6, 6.07) is 0. The maximum Gasteiger partial charge on any atom is 0.303 e. The van der Waals surface area contributed by atoms with Crippen LogP contribution in [0.25, 0.3) is 0 Å². The molecule has 0 aliphatic rings. The number of nitrogens with one attached hydrogen (secondary N) is 1. The third-order valence-electron chi connectivity index (χ3n) is 0.753. The summed E-state index contributed by atoms with van der Waals surface area (Å²) >= 11 is 0. The molecule has 48 valence electrons. The summed E-state index contributed by atoms with van der Waals surface area (Å²) in [7, 11) is 0. The van der Waals surface area contributed by atoms with Crippen molar-refractivity contribution in [3.63, 3.8) is 0 Å². The fraction of sp³-hybridized carbons (Fsp3) is 0. The zero-order valence-corrected chi connectivity index (χ0v) is 4.19. The lowest BCUT2D eigenvalue weighted by Crippen LogP contribution is -2.13. The third kappa shape index (κ3) is 0.933. The van der Waals surface area contributed by atoms with Crippen LogP contribution in [0.3, 0.4) is 0 Å². The first-order valence-corrected chi connectivity index (χ1v) is 2.10. The van der Waals surface area contributed by atoms with Crippen LogP contribution in [0, 0.1) is 11.6 Å². The van der Waals surface area contributed by atoms with Crippen LogP contribution in [-0.4, -0.2) is 10.2 Å². The van der Waals surface area contributed by atoms with Crippen LogP contribution in [0.1, 0.15) is 0 Å². The van der Waals surface area contributed by atoms with E-state index in [1.165, 1.54) is 0 Å². The first kappa shape index (κ1) is 5.87. The number of aromatic nitrogens is 2. The highest BCUT2D eigenvalue weighted by molar-refractivity contribution is 4.91. The summed E-state index contributed by atoms with van der Waals surface area (Å²) in [6.07, 6.45) is 0.594. The van der Waals surface area contributed by atoms with Crippen LogP contribution in [-0.2, 0) is 0 Å². The fourth-order valence-corrected chi connectivity index (χ4v) is 0.362. The topological polar surface area (TPSA) is 45.8 Å². The Morgan fingerprint density at radius 3 is 2.67 bits per heavy atom. The smallest absolute Gasteiger partial charge is 0.265 e. The van der Waals surface area contributed by atoms with E-state index < -0.39 is 17.2 Å². The SMILES string of the molecule is O=c1[nH]ncc(F)c1F. The number of aromatic amines is 1. The maximum atomic E-state index is 12.0. The van der Waals surface area contributed by atoms with Gasteiger partial charge >= 0.3 is 5.56 Å². The lowest BCUT2D eigenvalue weighted by molar-refractivity contribution is 0.485. The van der Waals surface area contributed by atoms with Gasteiger partial charge in [0.05, 0.1) is 6.20 Å². The molecule has 1 rings (SSSR count). The second-order valence-corrected chi connectivity index (χ2v) is 1.36. The number of hydrogen-bond acceptors (Lipinski definition) is 2. The molecule has 1 aromatic heterocycles. The van der Waals surface area contributed by atoms with Gasteiger partial charge in [0.2, 0.25) is 5.82 Å². The van der Waals surface area contributed by atoms with Crippen molar-refractivity contribution in [2.75, 3.05) is 0 Å². The summed E-state index contributed by atoms with van der Waals surface area (Å²) in [6.45, 7) is 0. The summed E-state index contributed by atoms with van der Waals surface area (Å²) in [5.41, 5.74) is -1.14. The highest BCUT2D eigenvalue weighted by Crippen LogP contribution is 1.92. The van der Waals surface area contributed by atoms with Gasteiger partial charge in [-0.15, -0.1) is 0 Å². The largest absolute Gasteiger partial charge is 0.303 e. The van der Waals surface area contributed by atoms with Gasteiger partial charge < -0.3 is 0 Å². The van der Waals surface area contributed by atoms with E-state index in [1.807, 2.05) is 0 Å². The Hall–Kier alpha value is -1.26. The molecule has 0 atom stereocenters. The van der Waals surface area contributed by atoms with Crippen LogP contribution in [0.5, 0.6) is 0 Å². The predicted molar refractivity (Wildman–Crippen MR) is 24.8 cm³/mol. The first-order chi connectivity index (χ1) is 4.22. The van der Waals surface area contributed by atoms with Gasteiger partial charge in [-0.3, -0.25) is 4.79 Å². The van der Waals surface area contributed by atoms with Gasteiger partial charge in [-0.25, -0.2) is 9.49 Å². The lowest BCUT2D eigenvalue weighted by Gasteiger charge is -1.84. The molecule has 0 saturated carbocycles. The predicted octanol–water partition coefficient (Wildman–Crippen LogP) is 0.0481. The van der Waals surface area contributed by atoms with E-state index in [9.17, 15) is 13.6 Å². The van der Waals surface area contributed by atoms with Crippen molar-refractivity contribution in [1.29, 1.82) is 0 Å². The second kappa shape index (κ2) is 1.93. The fourth-order valence-electron chi connectivity index (χ4n) is 0.362. The molecule has 1 heterocycles. The van der Waals surface area contributed by atoms with Gasteiger partial charge in [-0.05, 0) is 0 Å². The Morgan fingerprint density at radius 2 is 2.22 bits per heavy atom. The third-order valence-corrected chi connectivity index (χ3v) is 0.753. The molecule has 0 spiro atoms. The minimum absolute atomic E-state index is 0.594. The van der Waals surface area contributed by atoms with E-state index in [4.69, 9.17) is 0 Å². The molecule has 0 radical (unpaired) electrons. The van der Waals surface area contributed by atoms with E-state index in [-0.39, 0.29) is 0 Å². The molecule has 0 unspecified atom stereocenters. The summed E-state index contributed by atoms with van der Waals surface area (Å²) in [5, 5.41) is 4.71.